The van der Waals surface area contributed by atoms with E-state index in [2.05, 4.69) is 29.3 Å². The molecule has 96 valence electrons. The third-order valence-corrected chi connectivity index (χ3v) is 3.31. The molecule has 1 aliphatic rings. The number of likely N-dealkylation sites (N-methyl/N-ethyl adjacent to an activating group) is 1. The molecule has 0 radical (unpaired) electrons. The standard InChI is InChI=1S/C12H28N4/c1-3-4-5-6-12(11-13)14-16-9-7-15(2)8-10-16/h12,14H,3-11,13H2,1-2H3. The van der Waals surface area contributed by atoms with Gasteiger partial charge in [-0.3, -0.25) is 5.43 Å². The largest absolute Gasteiger partial charge is 0.329 e. The summed E-state index contributed by atoms with van der Waals surface area (Å²) in [6.45, 7) is 7.52. The third kappa shape index (κ3) is 5.25. The molecule has 0 bridgehead atoms. The van der Waals surface area contributed by atoms with Gasteiger partial charge in [-0.25, -0.2) is 5.01 Å². The van der Waals surface area contributed by atoms with Gasteiger partial charge in [-0.2, -0.15) is 0 Å². The topological polar surface area (TPSA) is 44.5 Å². The van der Waals surface area contributed by atoms with Crippen LogP contribution < -0.4 is 11.2 Å². The number of nitrogens with zero attached hydrogens (tertiary/aromatic N) is 2. The van der Waals surface area contributed by atoms with Gasteiger partial charge >= 0.3 is 0 Å². The van der Waals surface area contributed by atoms with Crippen molar-refractivity contribution in [3.8, 4) is 0 Å². The molecule has 1 fully saturated rings. The van der Waals surface area contributed by atoms with Gasteiger partial charge in [-0.05, 0) is 13.5 Å². The summed E-state index contributed by atoms with van der Waals surface area (Å²) in [5.41, 5.74) is 9.37. The van der Waals surface area contributed by atoms with Gasteiger partial charge in [0.25, 0.3) is 0 Å². The van der Waals surface area contributed by atoms with Crippen LogP contribution in [0.4, 0.5) is 0 Å². The minimum Gasteiger partial charge on any atom is -0.329 e. The Labute approximate surface area is 100 Å². The van der Waals surface area contributed by atoms with Gasteiger partial charge in [0, 0.05) is 38.8 Å². The molecule has 0 spiro atoms. The van der Waals surface area contributed by atoms with E-state index >= 15 is 0 Å². The Bertz CT molecular complexity index is 166. The zero-order valence-electron chi connectivity index (χ0n) is 10.9. The molecular formula is C12H28N4. The van der Waals surface area contributed by atoms with Crippen LogP contribution in [0, 0.1) is 0 Å². The van der Waals surface area contributed by atoms with E-state index in [0.29, 0.717) is 6.04 Å². The number of piperazine rings is 1. The summed E-state index contributed by atoms with van der Waals surface area (Å²) in [6.07, 6.45) is 5.10. The fraction of sp³-hybridized carbons (Fsp3) is 1.00. The molecule has 1 unspecified atom stereocenters. The highest BCUT2D eigenvalue weighted by molar-refractivity contribution is 4.71. The van der Waals surface area contributed by atoms with Crippen molar-refractivity contribution in [2.45, 2.75) is 38.6 Å². The Hall–Kier alpha value is -0.160. The highest BCUT2D eigenvalue weighted by Crippen LogP contribution is 2.04. The summed E-state index contributed by atoms with van der Waals surface area (Å²) < 4.78 is 0. The van der Waals surface area contributed by atoms with E-state index < -0.39 is 0 Å². The number of hydrazine groups is 1. The van der Waals surface area contributed by atoms with Gasteiger partial charge in [0.05, 0.1) is 0 Å². The van der Waals surface area contributed by atoms with E-state index in [9.17, 15) is 0 Å². The van der Waals surface area contributed by atoms with Crippen LogP contribution in [0.2, 0.25) is 0 Å². The summed E-state index contributed by atoms with van der Waals surface area (Å²) in [6, 6.07) is 0.468. The van der Waals surface area contributed by atoms with Crippen molar-refractivity contribution in [2.24, 2.45) is 5.73 Å². The fourth-order valence-corrected chi connectivity index (χ4v) is 2.07. The lowest BCUT2D eigenvalue weighted by atomic mass is 10.1. The first-order chi connectivity index (χ1) is 7.76. The number of nitrogens with one attached hydrogen (secondary N) is 1. The Morgan fingerprint density at radius 2 is 1.88 bits per heavy atom. The molecule has 0 aromatic heterocycles. The summed E-state index contributed by atoms with van der Waals surface area (Å²) in [5, 5.41) is 2.34. The Balaban J connectivity index is 2.16. The summed E-state index contributed by atoms with van der Waals surface area (Å²) in [4.78, 5) is 2.37. The second-order valence-electron chi connectivity index (χ2n) is 4.85. The fourth-order valence-electron chi connectivity index (χ4n) is 2.07. The van der Waals surface area contributed by atoms with Crippen LogP contribution in [0.15, 0.2) is 0 Å². The maximum atomic E-state index is 5.80. The van der Waals surface area contributed by atoms with Crippen LogP contribution in [-0.4, -0.2) is 55.7 Å². The minimum atomic E-state index is 0.468. The van der Waals surface area contributed by atoms with Crippen molar-refractivity contribution in [2.75, 3.05) is 39.8 Å². The van der Waals surface area contributed by atoms with E-state index in [1.165, 1.54) is 25.7 Å². The Morgan fingerprint density at radius 3 is 2.44 bits per heavy atom. The number of hydrogen-bond donors (Lipinski definition) is 2. The van der Waals surface area contributed by atoms with Gasteiger partial charge < -0.3 is 10.6 Å². The summed E-state index contributed by atoms with van der Waals surface area (Å²) in [5.74, 6) is 0. The quantitative estimate of drug-likeness (QED) is 0.628. The molecule has 16 heavy (non-hydrogen) atoms. The highest BCUT2D eigenvalue weighted by Gasteiger charge is 2.16. The predicted molar refractivity (Wildman–Crippen MR) is 69.2 cm³/mol. The highest BCUT2D eigenvalue weighted by atomic mass is 15.5. The molecule has 4 nitrogen and oxygen atoms in total. The second kappa shape index (κ2) is 8.01. The molecule has 1 heterocycles. The molecule has 1 rings (SSSR count). The average molecular weight is 228 g/mol. The van der Waals surface area contributed by atoms with Crippen molar-refractivity contribution < 1.29 is 0 Å². The molecule has 1 saturated heterocycles. The van der Waals surface area contributed by atoms with E-state index in [4.69, 9.17) is 5.73 Å². The second-order valence-corrected chi connectivity index (χ2v) is 4.85. The molecule has 0 amide bonds. The van der Waals surface area contributed by atoms with Crippen LogP contribution >= 0.6 is 0 Å². The van der Waals surface area contributed by atoms with E-state index in [1.54, 1.807) is 0 Å². The molecule has 4 heteroatoms. The summed E-state index contributed by atoms with van der Waals surface area (Å²) in [7, 11) is 2.18. The van der Waals surface area contributed by atoms with Crippen molar-refractivity contribution >= 4 is 0 Å². The molecule has 0 aromatic carbocycles. The molecule has 0 aromatic rings. The van der Waals surface area contributed by atoms with Gasteiger partial charge in [0.15, 0.2) is 0 Å². The molecule has 3 N–H and O–H groups in total. The van der Waals surface area contributed by atoms with Crippen molar-refractivity contribution in [3.05, 3.63) is 0 Å². The lowest BCUT2D eigenvalue weighted by Crippen LogP contribution is -2.55. The number of rotatable bonds is 7. The molecule has 1 aliphatic heterocycles. The molecular weight excluding hydrogens is 200 g/mol. The van der Waals surface area contributed by atoms with Gasteiger partial charge in [0.2, 0.25) is 0 Å². The molecule has 0 saturated carbocycles. The monoisotopic (exact) mass is 228 g/mol. The number of hydrogen-bond acceptors (Lipinski definition) is 4. The smallest absolute Gasteiger partial charge is 0.0337 e. The maximum absolute atomic E-state index is 5.80. The Kier molecular flexibility index (Phi) is 6.96. The summed E-state index contributed by atoms with van der Waals surface area (Å²) >= 11 is 0. The van der Waals surface area contributed by atoms with Gasteiger partial charge in [-0.1, -0.05) is 26.2 Å². The van der Waals surface area contributed by atoms with Crippen LogP contribution in [-0.2, 0) is 0 Å². The van der Waals surface area contributed by atoms with Crippen LogP contribution in [0.1, 0.15) is 32.6 Å². The van der Waals surface area contributed by atoms with Crippen LogP contribution in [0.5, 0.6) is 0 Å². The van der Waals surface area contributed by atoms with E-state index in [0.717, 1.165) is 32.7 Å². The van der Waals surface area contributed by atoms with Gasteiger partial charge in [0.1, 0.15) is 0 Å². The molecule has 1 atom stereocenters. The normalized spacial score (nSPS) is 21.2. The molecule has 0 aliphatic carbocycles. The van der Waals surface area contributed by atoms with E-state index in [-0.39, 0.29) is 0 Å². The van der Waals surface area contributed by atoms with Crippen LogP contribution in [0.3, 0.4) is 0 Å². The average Bonchev–Trinajstić information content (AvgIpc) is 2.31. The number of nitrogens with two attached hydrogens (primary N) is 1. The van der Waals surface area contributed by atoms with Crippen LogP contribution in [0.25, 0.3) is 0 Å². The third-order valence-electron chi connectivity index (χ3n) is 3.31. The van der Waals surface area contributed by atoms with E-state index in [1.807, 2.05) is 0 Å². The number of unbranched alkanes of at least 4 members (excludes halogenated alkanes) is 2. The SMILES string of the molecule is CCCCCC(CN)NN1CCN(C)CC1. The maximum Gasteiger partial charge on any atom is 0.0337 e. The lowest BCUT2D eigenvalue weighted by molar-refractivity contribution is 0.0858. The van der Waals surface area contributed by atoms with Crippen molar-refractivity contribution in [1.29, 1.82) is 0 Å². The zero-order chi connectivity index (χ0) is 11.8. The zero-order valence-corrected chi connectivity index (χ0v) is 10.9. The predicted octanol–water partition coefficient (Wildman–Crippen LogP) is 0.646. The first-order valence-corrected chi connectivity index (χ1v) is 6.66. The first-order valence-electron chi connectivity index (χ1n) is 6.66. The first kappa shape index (κ1) is 13.9. The van der Waals surface area contributed by atoms with Crippen molar-refractivity contribution in [1.82, 2.24) is 15.3 Å². The van der Waals surface area contributed by atoms with Gasteiger partial charge in [-0.15, -0.1) is 0 Å². The van der Waals surface area contributed by atoms with Crippen molar-refractivity contribution in [3.63, 3.8) is 0 Å². The minimum absolute atomic E-state index is 0.468. The lowest BCUT2D eigenvalue weighted by Gasteiger charge is -2.35. The Morgan fingerprint density at radius 1 is 1.19 bits per heavy atom.